The number of carbonyl (C=O) groups excluding carboxylic acids is 4. The maximum Gasteiger partial charge on any atom is 0.329 e. The van der Waals surface area contributed by atoms with Crippen LogP contribution in [-0.4, -0.2) is 46.0 Å². The van der Waals surface area contributed by atoms with Crippen LogP contribution in [0.2, 0.25) is 0 Å². The third kappa shape index (κ3) is 3.24. The number of rotatable bonds is 6. The van der Waals surface area contributed by atoms with Crippen LogP contribution in [0.3, 0.4) is 0 Å². The molecule has 3 aromatic rings. The molecule has 1 atom stereocenters. The van der Waals surface area contributed by atoms with Crippen molar-refractivity contribution in [2.45, 2.75) is 25.8 Å². The number of hydrogen-bond acceptors (Lipinski definition) is 7. The Hall–Kier alpha value is -4.40. The second-order valence-electron chi connectivity index (χ2n) is 8.29. The number of benzene rings is 3. The predicted molar refractivity (Wildman–Crippen MR) is 120 cm³/mol. The number of nitrogens with zero attached hydrogens (tertiary/aromatic N) is 2. The van der Waals surface area contributed by atoms with Crippen molar-refractivity contribution >= 4 is 40.0 Å². The van der Waals surface area contributed by atoms with Crippen molar-refractivity contribution in [2.75, 3.05) is 6.61 Å². The van der Waals surface area contributed by atoms with E-state index in [1.807, 2.05) is 12.1 Å². The summed E-state index contributed by atoms with van der Waals surface area (Å²) in [6.45, 7) is 0.744. The van der Waals surface area contributed by atoms with Crippen molar-refractivity contribution < 1.29 is 28.8 Å². The van der Waals surface area contributed by atoms with Crippen molar-refractivity contribution in [1.82, 2.24) is 4.90 Å². The van der Waals surface area contributed by atoms with Gasteiger partial charge in [-0.2, -0.15) is 0 Å². The lowest BCUT2D eigenvalue weighted by atomic mass is 9.90. The van der Waals surface area contributed by atoms with E-state index >= 15 is 0 Å². The second-order valence-corrected chi connectivity index (χ2v) is 8.29. The van der Waals surface area contributed by atoms with Crippen LogP contribution >= 0.6 is 0 Å². The summed E-state index contributed by atoms with van der Waals surface area (Å²) in [5.41, 5.74) is 2.88. The zero-order chi connectivity index (χ0) is 24.1. The van der Waals surface area contributed by atoms with Crippen LogP contribution in [-0.2, 0) is 22.4 Å². The van der Waals surface area contributed by atoms with E-state index in [4.69, 9.17) is 4.74 Å². The molecule has 1 aliphatic carbocycles. The third-order valence-corrected chi connectivity index (χ3v) is 6.37. The van der Waals surface area contributed by atoms with Gasteiger partial charge in [-0.3, -0.25) is 29.4 Å². The average molecular weight is 458 g/mol. The SMILES string of the molecule is C[C@@H](C(=O)OCC(=O)c1ccc([N+](=O)[O-])cc1)N1C(=O)c2ccc3c4c(ccc(c24)C1=O)CC3. The molecule has 2 amide bonds. The van der Waals surface area contributed by atoms with Crippen LogP contribution in [0.5, 0.6) is 0 Å². The molecule has 1 aliphatic heterocycles. The molecule has 34 heavy (non-hydrogen) atoms. The minimum absolute atomic E-state index is 0.133. The van der Waals surface area contributed by atoms with E-state index in [1.54, 1.807) is 12.1 Å². The number of amides is 2. The van der Waals surface area contributed by atoms with Gasteiger partial charge in [-0.1, -0.05) is 12.1 Å². The molecule has 0 bridgehead atoms. The molecule has 1 heterocycles. The summed E-state index contributed by atoms with van der Waals surface area (Å²) in [6.07, 6.45) is 1.71. The Morgan fingerprint density at radius 2 is 1.50 bits per heavy atom. The van der Waals surface area contributed by atoms with Crippen LogP contribution in [0.4, 0.5) is 5.69 Å². The van der Waals surface area contributed by atoms with Gasteiger partial charge in [-0.15, -0.1) is 0 Å². The minimum atomic E-state index is -1.25. The van der Waals surface area contributed by atoms with Crippen LogP contribution in [0.25, 0.3) is 10.8 Å². The topological polar surface area (TPSA) is 124 Å². The molecule has 0 aromatic heterocycles. The van der Waals surface area contributed by atoms with Crippen molar-refractivity contribution in [3.8, 4) is 0 Å². The normalized spacial score (nSPS) is 14.9. The quantitative estimate of drug-likeness (QED) is 0.183. The Bertz CT molecular complexity index is 1370. The fourth-order valence-electron chi connectivity index (χ4n) is 4.60. The van der Waals surface area contributed by atoms with Crippen LogP contribution in [0.15, 0.2) is 48.5 Å². The van der Waals surface area contributed by atoms with Crippen molar-refractivity contribution in [3.63, 3.8) is 0 Å². The van der Waals surface area contributed by atoms with Crippen molar-refractivity contribution in [3.05, 3.63) is 86.5 Å². The van der Waals surface area contributed by atoms with Crippen LogP contribution in [0.1, 0.15) is 49.1 Å². The van der Waals surface area contributed by atoms with E-state index in [2.05, 4.69) is 0 Å². The molecule has 3 aromatic carbocycles. The number of imide groups is 1. The van der Waals surface area contributed by atoms with Gasteiger partial charge in [0.1, 0.15) is 6.04 Å². The number of nitro groups is 1. The van der Waals surface area contributed by atoms with Gasteiger partial charge in [0.05, 0.1) is 4.92 Å². The molecular formula is C25H18N2O7. The highest BCUT2D eigenvalue weighted by Gasteiger charge is 2.40. The molecule has 9 heteroatoms. The van der Waals surface area contributed by atoms with Crippen LogP contribution in [0, 0.1) is 10.1 Å². The number of ether oxygens (including phenoxy) is 1. The van der Waals surface area contributed by atoms with Gasteiger partial charge in [0.2, 0.25) is 0 Å². The van der Waals surface area contributed by atoms with E-state index in [0.29, 0.717) is 16.5 Å². The van der Waals surface area contributed by atoms with E-state index in [-0.39, 0.29) is 11.3 Å². The number of non-ortho nitro benzene ring substituents is 1. The first-order valence-corrected chi connectivity index (χ1v) is 10.7. The lowest BCUT2D eigenvalue weighted by Gasteiger charge is -2.31. The van der Waals surface area contributed by atoms with Crippen LogP contribution < -0.4 is 0 Å². The second kappa shape index (κ2) is 7.87. The van der Waals surface area contributed by atoms with Gasteiger partial charge in [0.25, 0.3) is 17.5 Å². The summed E-state index contributed by atoms with van der Waals surface area (Å²) < 4.78 is 5.09. The summed E-state index contributed by atoms with van der Waals surface area (Å²) in [4.78, 5) is 62.5. The number of nitro benzene ring substituents is 1. The highest BCUT2D eigenvalue weighted by Crippen LogP contribution is 2.38. The monoisotopic (exact) mass is 458 g/mol. The standard InChI is InChI=1S/C25H18N2O7/c1-13(25(31)34-12-20(28)14-4-8-17(9-5-14)27(32)33)26-23(29)18-10-6-15-2-3-16-7-11-19(24(26)30)22(18)21(15)16/h4-11,13H,2-3,12H2,1H3/t13-/m0/s1. The van der Waals surface area contributed by atoms with Gasteiger partial charge in [-0.05, 0) is 60.5 Å². The molecule has 2 aliphatic rings. The maximum atomic E-state index is 13.2. The van der Waals surface area contributed by atoms with Crippen molar-refractivity contribution in [1.29, 1.82) is 0 Å². The van der Waals surface area contributed by atoms with E-state index in [9.17, 15) is 29.3 Å². The van der Waals surface area contributed by atoms with Gasteiger partial charge >= 0.3 is 5.97 Å². The molecule has 0 unspecified atom stereocenters. The smallest absolute Gasteiger partial charge is 0.329 e. The Morgan fingerprint density at radius 1 is 0.941 bits per heavy atom. The van der Waals surface area contributed by atoms with Gasteiger partial charge in [0.15, 0.2) is 12.4 Å². The molecule has 9 nitrogen and oxygen atoms in total. The highest BCUT2D eigenvalue weighted by atomic mass is 16.6. The molecule has 5 rings (SSSR count). The fraction of sp³-hybridized carbons (Fsp3) is 0.200. The Labute approximate surface area is 193 Å². The molecule has 170 valence electrons. The minimum Gasteiger partial charge on any atom is -0.456 e. The largest absolute Gasteiger partial charge is 0.456 e. The van der Waals surface area contributed by atoms with Gasteiger partial charge < -0.3 is 4.74 Å². The Morgan fingerprint density at radius 3 is 2.03 bits per heavy atom. The maximum absolute atomic E-state index is 13.2. The number of aryl methyl sites for hydroxylation is 2. The zero-order valence-corrected chi connectivity index (χ0v) is 18.1. The molecular weight excluding hydrogens is 440 g/mol. The van der Waals surface area contributed by atoms with Gasteiger partial charge in [-0.25, -0.2) is 4.79 Å². The molecule has 0 saturated carbocycles. The first-order valence-electron chi connectivity index (χ1n) is 10.7. The Kier molecular flexibility index (Phi) is 4.97. The lowest BCUT2D eigenvalue weighted by molar-refractivity contribution is -0.384. The molecule has 0 N–H and O–H groups in total. The molecule has 0 radical (unpaired) electrons. The van der Waals surface area contributed by atoms with E-state index in [0.717, 1.165) is 34.3 Å². The highest BCUT2D eigenvalue weighted by molar-refractivity contribution is 6.27. The first kappa shape index (κ1) is 21.4. The van der Waals surface area contributed by atoms with Crippen molar-refractivity contribution in [2.24, 2.45) is 0 Å². The first-order chi connectivity index (χ1) is 16.3. The number of ketones is 1. The number of Topliss-reactive ketones (excluding diaryl/α,β-unsaturated/α-hetero) is 1. The lowest BCUT2D eigenvalue weighted by Crippen LogP contribution is -2.49. The summed E-state index contributed by atoms with van der Waals surface area (Å²) >= 11 is 0. The number of carbonyl (C=O) groups is 4. The summed E-state index contributed by atoms with van der Waals surface area (Å²) in [7, 11) is 0. The fourth-order valence-corrected chi connectivity index (χ4v) is 4.60. The summed E-state index contributed by atoms with van der Waals surface area (Å²) in [6, 6.07) is 10.8. The average Bonchev–Trinajstić information content (AvgIpc) is 3.27. The van der Waals surface area contributed by atoms with E-state index < -0.39 is 41.1 Å². The number of hydrogen-bond donors (Lipinski definition) is 0. The number of esters is 1. The molecule has 0 saturated heterocycles. The molecule has 0 fully saturated rings. The molecule has 0 spiro atoms. The van der Waals surface area contributed by atoms with E-state index in [1.165, 1.54) is 31.2 Å². The predicted octanol–water partition coefficient (Wildman–Crippen LogP) is 3.26. The third-order valence-electron chi connectivity index (χ3n) is 6.37. The summed E-state index contributed by atoms with van der Waals surface area (Å²) in [5, 5.41) is 12.3. The summed E-state index contributed by atoms with van der Waals surface area (Å²) in [5.74, 6) is -2.65. The van der Waals surface area contributed by atoms with Gasteiger partial charge in [0, 0.05) is 34.2 Å². The Balaban J connectivity index is 1.34. The zero-order valence-electron chi connectivity index (χ0n) is 18.1.